The van der Waals surface area contributed by atoms with Gasteiger partial charge in [-0.15, -0.1) is 0 Å². The maximum absolute atomic E-state index is 11.3. The molecule has 0 aromatic carbocycles. The van der Waals surface area contributed by atoms with E-state index in [0.717, 1.165) is 0 Å². The average molecular weight is 274 g/mol. The van der Waals surface area contributed by atoms with Crippen molar-refractivity contribution >= 4 is 11.9 Å². The van der Waals surface area contributed by atoms with Crippen LogP contribution in [0.4, 0.5) is 0 Å². The molecule has 2 atom stereocenters. The normalized spacial score (nSPS) is 13.2. The molecule has 0 aromatic rings. The van der Waals surface area contributed by atoms with Gasteiger partial charge < -0.3 is 25.2 Å². The van der Waals surface area contributed by atoms with Gasteiger partial charge in [0.05, 0.1) is 0 Å². The molecule has 0 aliphatic rings. The predicted molar refractivity (Wildman–Crippen MR) is 65.1 cm³/mol. The third-order valence-electron chi connectivity index (χ3n) is 2.19. The molecule has 0 saturated carbocycles. The zero-order valence-electron chi connectivity index (χ0n) is 11.2. The summed E-state index contributed by atoms with van der Waals surface area (Å²) >= 11 is 0. The average Bonchev–Trinajstić information content (AvgIpc) is 2.34. The molecule has 0 saturated heterocycles. The minimum Gasteiger partial charge on any atom is -0.509 e. The molecule has 0 spiro atoms. The fraction of sp³-hybridized carbons (Fsp3) is 0.500. The number of hydrogen-bond donors (Lipinski definition) is 4. The highest BCUT2D eigenvalue weighted by molar-refractivity contribution is 5.92. The molecule has 0 rings (SSSR count). The van der Waals surface area contributed by atoms with Crippen LogP contribution in [0.1, 0.15) is 27.7 Å². The van der Waals surface area contributed by atoms with E-state index >= 15 is 0 Å². The summed E-state index contributed by atoms with van der Waals surface area (Å²) in [5, 5.41) is 37.3. The van der Waals surface area contributed by atoms with Gasteiger partial charge in [-0.25, -0.2) is 9.59 Å². The lowest BCUT2D eigenvalue weighted by Crippen LogP contribution is -2.33. The molecule has 0 amide bonds. The number of allylic oxidation sites excluding steroid dienone is 2. The van der Waals surface area contributed by atoms with Crippen LogP contribution in [0.2, 0.25) is 0 Å². The number of carbonyl (C=O) groups is 2. The van der Waals surface area contributed by atoms with E-state index in [4.69, 9.17) is 0 Å². The number of ether oxygens (including phenoxy) is 1. The number of aliphatic hydroxyl groups is 4. The number of carbonyl (C=O) groups excluding carboxylic acids is 2. The van der Waals surface area contributed by atoms with Crippen molar-refractivity contribution in [3.05, 3.63) is 22.7 Å². The van der Waals surface area contributed by atoms with Crippen LogP contribution in [0.3, 0.4) is 0 Å². The fourth-order valence-corrected chi connectivity index (χ4v) is 0.981. The molecule has 0 aliphatic heterocycles. The van der Waals surface area contributed by atoms with Gasteiger partial charge in [0.1, 0.15) is 11.5 Å². The Labute approximate surface area is 110 Å². The van der Waals surface area contributed by atoms with Crippen molar-refractivity contribution in [1.29, 1.82) is 0 Å². The maximum atomic E-state index is 11.3. The van der Waals surface area contributed by atoms with Crippen molar-refractivity contribution in [2.75, 3.05) is 0 Å². The number of rotatable bonds is 4. The van der Waals surface area contributed by atoms with E-state index in [1.807, 2.05) is 0 Å². The quantitative estimate of drug-likeness (QED) is 0.334. The first kappa shape index (κ1) is 17.1. The van der Waals surface area contributed by atoms with Crippen LogP contribution in [0, 0.1) is 0 Å². The third kappa shape index (κ3) is 4.72. The topological polar surface area (TPSA) is 124 Å². The second-order valence-electron chi connectivity index (χ2n) is 4.32. The largest absolute Gasteiger partial charge is 0.509 e. The van der Waals surface area contributed by atoms with Crippen LogP contribution in [0.5, 0.6) is 0 Å². The Kier molecular flexibility index (Phi) is 6.23. The Balaban J connectivity index is 4.81. The van der Waals surface area contributed by atoms with Gasteiger partial charge in [-0.1, -0.05) is 0 Å². The smallest absolute Gasteiger partial charge is 0.350 e. The first-order valence-electron chi connectivity index (χ1n) is 5.43. The Morgan fingerprint density at radius 2 is 1.05 bits per heavy atom. The standard InChI is InChI=1S/C12H18O7/c1-5(2)7(13)9(15)11(17)19-12(18)10(16)8(14)6(3)4/h9-10,13-16H,1-4H3. The second-order valence-corrected chi connectivity index (χ2v) is 4.32. The number of esters is 2. The van der Waals surface area contributed by atoms with Gasteiger partial charge in [0.15, 0.2) is 0 Å². The lowest BCUT2D eigenvalue weighted by atomic mass is 10.2. The molecular formula is C12H18O7. The Hall–Kier alpha value is -1.86. The van der Waals surface area contributed by atoms with Crippen molar-refractivity contribution in [2.45, 2.75) is 39.9 Å². The molecule has 0 fully saturated rings. The highest BCUT2D eigenvalue weighted by Crippen LogP contribution is 2.10. The molecule has 19 heavy (non-hydrogen) atoms. The van der Waals surface area contributed by atoms with E-state index in [1.54, 1.807) is 0 Å². The van der Waals surface area contributed by atoms with Gasteiger partial charge in [-0.3, -0.25) is 0 Å². The summed E-state index contributed by atoms with van der Waals surface area (Å²) in [6.07, 6.45) is -4.04. The molecule has 0 heterocycles. The van der Waals surface area contributed by atoms with E-state index in [2.05, 4.69) is 4.74 Å². The highest BCUT2D eigenvalue weighted by atomic mass is 16.6. The van der Waals surface area contributed by atoms with Crippen molar-refractivity contribution < 1.29 is 34.8 Å². The molecule has 0 aromatic heterocycles. The van der Waals surface area contributed by atoms with Gasteiger partial charge in [-0.05, 0) is 38.8 Å². The SMILES string of the molecule is CC(C)=C(O)C(O)C(=O)OC(=O)C(O)C(O)=C(C)C. The first-order valence-corrected chi connectivity index (χ1v) is 5.43. The highest BCUT2D eigenvalue weighted by Gasteiger charge is 2.29. The predicted octanol–water partition coefficient (Wildman–Crippen LogP) is 0.482. The summed E-state index contributed by atoms with van der Waals surface area (Å²) in [5.41, 5.74) is 0.536. The van der Waals surface area contributed by atoms with Crippen LogP contribution >= 0.6 is 0 Å². The third-order valence-corrected chi connectivity index (χ3v) is 2.19. The summed E-state index contributed by atoms with van der Waals surface area (Å²) < 4.78 is 4.15. The van der Waals surface area contributed by atoms with Gasteiger partial charge in [-0.2, -0.15) is 0 Å². The Bertz CT molecular complexity index is 385. The summed E-state index contributed by atoms with van der Waals surface area (Å²) in [5.74, 6) is -4.16. The zero-order chi connectivity index (χ0) is 15.3. The van der Waals surface area contributed by atoms with Crippen molar-refractivity contribution in [3.63, 3.8) is 0 Å². The van der Waals surface area contributed by atoms with Crippen molar-refractivity contribution in [3.8, 4) is 0 Å². The van der Waals surface area contributed by atoms with Crippen LogP contribution in [0.25, 0.3) is 0 Å². The minimum atomic E-state index is -2.02. The van der Waals surface area contributed by atoms with Crippen molar-refractivity contribution in [1.82, 2.24) is 0 Å². The Morgan fingerprint density at radius 3 is 1.26 bits per heavy atom. The Morgan fingerprint density at radius 1 is 0.789 bits per heavy atom. The van der Waals surface area contributed by atoms with Crippen LogP contribution in [-0.4, -0.2) is 44.6 Å². The van der Waals surface area contributed by atoms with Crippen LogP contribution in [0.15, 0.2) is 22.7 Å². The van der Waals surface area contributed by atoms with Crippen LogP contribution < -0.4 is 0 Å². The van der Waals surface area contributed by atoms with Gasteiger partial charge in [0, 0.05) is 0 Å². The van der Waals surface area contributed by atoms with Crippen molar-refractivity contribution in [2.24, 2.45) is 0 Å². The molecular weight excluding hydrogens is 256 g/mol. The van der Waals surface area contributed by atoms with Gasteiger partial charge in [0.25, 0.3) is 0 Å². The second kappa shape index (κ2) is 6.91. The molecule has 4 N–H and O–H groups in total. The first-order chi connectivity index (χ1) is 8.59. The van der Waals surface area contributed by atoms with E-state index in [-0.39, 0.29) is 11.1 Å². The van der Waals surface area contributed by atoms with E-state index in [9.17, 15) is 30.0 Å². The number of hydrogen-bond acceptors (Lipinski definition) is 7. The minimum absolute atomic E-state index is 0.268. The summed E-state index contributed by atoms with van der Waals surface area (Å²) in [7, 11) is 0. The molecule has 0 aliphatic carbocycles. The number of aliphatic hydroxyl groups excluding tert-OH is 4. The van der Waals surface area contributed by atoms with Gasteiger partial charge in [0.2, 0.25) is 12.2 Å². The molecule has 7 heteroatoms. The molecule has 0 bridgehead atoms. The van der Waals surface area contributed by atoms with Gasteiger partial charge >= 0.3 is 11.9 Å². The fourth-order valence-electron chi connectivity index (χ4n) is 0.981. The van der Waals surface area contributed by atoms with E-state index in [1.165, 1.54) is 27.7 Å². The molecule has 7 nitrogen and oxygen atoms in total. The summed E-state index contributed by atoms with van der Waals surface area (Å²) in [6.45, 7) is 5.77. The molecule has 108 valence electrons. The zero-order valence-corrected chi connectivity index (χ0v) is 11.2. The van der Waals surface area contributed by atoms with E-state index in [0.29, 0.717) is 0 Å². The summed E-state index contributed by atoms with van der Waals surface area (Å²) in [6, 6.07) is 0. The summed E-state index contributed by atoms with van der Waals surface area (Å²) in [4.78, 5) is 22.6. The molecule has 0 radical (unpaired) electrons. The van der Waals surface area contributed by atoms with Crippen LogP contribution in [-0.2, 0) is 14.3 Å². The lowest BCUT2D eigenvalue weighted by Gasteiger charge is -2.13. The van der Waals surface area contributed by atoms with E-state index < -0.39 is 35.7 Å². The monoisotopic (exact) mass is 274 g/mol. The molecule has 2 unspecified atom stereocenters. The lowest BCUT2D eigenvalue weighted by molar-refractivity contribution is -0.170. The maximum Gasteiger partial charge on any atom is 0.350 e.